The third kappa shape index (κ3) is 5.02. The molecular weight excluding hydrogens is 206 g/mol. The zero-order valence-electron chi connectivity index (χ0n) is 8.81. The number of hydrogen-bond donors (Lipinski definition) is 2. The lowest BCUT2D eigenvalue weighted by molar-refractivity contribution is -0.120. The first-order chi connectivity index (χ1) is 7.83. The molecule has 1 aromatic rings. The van der Waals surface area contributed by atoms with E-state index in [2.05, 4.69) is 20.6 Å². The molecular formula is C10H13N5O. The Hall–Kier alpha value is -2.00. The third-order valence-corrected chi connectivity index (χ3v) is 1.79. The first-order valence-electron chi connectivity index (χ1n) is 4.92. The summed E-state index contributed by atoms with van der Waals surface area (Å²) in [6.07, 6.45) is 3.44. The van der Waals surface area contributed by atoms with Gasteiger partial charge >= 0.3 is 0 Å². The molecule has 1 heterocycles. The van der Waals surface area contributed by atoms with Crippen molar-refractivity contribution >= 4 is 5.91 Å². The molecule has 1 rings (SSSR count). The van der Waals surface area contributed by atoms with Gasteiger partial charge in [-0.25, -0.2) is 9.97 Å². The van der Waals surface area contributed by atoms with Crippen molar-refractivity contribution in [1.82, 2.24) is 20.6 Å². The van der Waals surface area contributed by atoms with Gasteiger partial charge in [-0.1, -0.05) is 0 Å². The van der Waals surface area contributed by atoms with Crippen molar-refractivity contribution in [3.05, 3.63) is 24.3 Å². The molecule has 0 saturated carbocycles. The first kappa shape index (κ1) is 12.1. The van der Waals surface area contributed by atoms with Gasteiger partial charge in [0.05, 0.1) is 24.7 Å². The van der Waals surface area contributed by atoms with E-state index in [0.29, 0.717) is 19.5 Å². The van der Waals surface area contributed by atoms with Crippen LogP contribution in [0.25, 0.3) is 0 Å². The number of nitrogens with one attached hydrogen (secondary N) is 2. The normalized spacial score (nSPS) is 9.44. The lowest BCUT2D eigenvalue weighted by Crippen LogP contribution is -2.34. The smallest absolute Gasteiger partial charge is 0.234 e. The van der Waals surface area contributed by atoms with E-state index in [-0.39, 0.29) is 12.5 Å². The minimum atomic E-state index is -0.121. The van der Waals surface area contributed by atoms with Gasteiger partial charge in [0.25, 0.3) is 0 Å². The van der Waals surface area contributed by atoms with Crippen LogP contribution in [0.2, 0.25) is 0 Å². The molecule has 0 aromatic carbocycles. The first-order valence-corrected chi connectivity index (χ1v) is 4.92. The summed E-state index contributed by atoms with van der Waals surface area (Å²) in [4.78, 5) is 19.0. The van der Waals surface area contributed by atoms with Gasteiger partial charge < -0.3 is 10.6 Å². The summed E-state index contributed by atoms with van der Waals surface area (Å²) in [6, 6.07) is 3.73. The van der Waals surface area contributed by atoms with Crippen LogP contribution in [0.5, 0.6) is 0 Å². The number of nitrogens with zero attached hydrogens (tertiary/aromatic N) is 3. The molecule has 0 aliphatic rings. The molecule has 0 atom stereocenters. The van der Waals surface area contributed by atoms with E-state index in [9.17, 15) is 4.79 Å². The van der Waals surface area contributed by atoms with Crippen molar-refractivity contribution in [2.45, 2.75) is 13.0 Å². The molecule has 0 aliphatic heterocycles. The van der Waals surface area contributed by atoms with Crippen LogP contribution >= 0.6 is 0 Å². The number of aromatic nitrogens is 2. The molecule has 6 heteroatoms. The molecule has 0 radical (unpaired) electrons. The molecule has 1 aromatic heterocycles. The zero-order valence-corrected chi connectivity index (χ0v) is 8.81. The molecule has 1 amide bonds. The van der Waals surface area contributed by atoms with Crippen molar-refractivity contribution in [3.63, 3.8) is 0 Å². The van der Waals surface area contributed by atoms with E-state index in [0.717, 1.165) is 5.69 Å². The third-order valence-electron chi connectivity index (χ3n) is 1.79. The number of carbonyl (C=O) groups is 1. The van der Waals surface area contributed by atoms with Crippen molar-refractivity contribution in [1.29, 1.82) is 5.26 Å². The second kappa shape index (κ2) is 7.31. The summed E-state index contributed by atoms with van der Waals surface area (Å²) in [6.45, 7) is 1.13. The summed E-state index contributed by atoms with van der Waals surface area (Å²) in [5, 5.41) is 13.8. The van der Waals surface area contributed by atoms with Gasteiger partial charge in [0.15, 0.2) is 0 Å². The molecule has 6 nitrogen and oxygen atoms in total. The van der Waals surface area contributed by atoms with Gasteiger partial charge in [0.1, 0.15) is 6.33 Å². The van der Waals surface area contributed by atoms with Crippen LogP contribution in [0.15, 0.2) is 18.6 Å². The van der Waals surface area contributed by atoms with Crippen LogP contribution in [-0.4, -0.2) is 29.0 Å². The van der Waals surface area contributed by atoms with Crippen molar-refractivity contribution in [3.8, 4) is 6.07 Å². The van der Waals surface area contributed by atoms with E-state index < -0.39 is 0 Å². The lowest BCUT2D eigenvalue weighted by atomic mass is 10.4. The highest BCUT2D eigenvalue weighted by atomic mass is 16.1. The molecule has 0 bridgehead atoms. The number of carbonyl (C=O) groups excluding carboxylic acids is 1. The zero-order chi connectivity index (χ0) is 11.6. The summed E-state index contributed by atoms with van der Waals surface area (Å²) >= 11 is 0. The molecule has 2 N–H and O–H groups in total. The summed E-state index contributed by atoms with van der Waals surface area (Å²) in [7, 11) is 0. The largest absolute Gasteiger partial charge is 0.354 e. The average Bonchev–Trinajstić information content (AvgIpc) is 2.31. The van der Waals surface area contributed by atoms with E-state index in [1.165, 1.54) is 6.33 Å². The number of hydrogen-bond acceptors (Lipinski definition) is 5. The SMILES string of the molecule is N#CCCNC(=O)CNCc1ccncn1. The summed E-state index contributed by atoms with van der Waals surface area (Å²) in [5.74, 6) is -0.121. The lowest BCUT2D eigenvalue weighted by Gasteiger charge is -2.04. The molecule has 0 spiro atoms. The molecule has 16 heavy (non-hydrogen) atoms. The summed E-state index contributed by atoms with van der Waals surface area (Å²) in [5.41, 5.74) is 0.833. The van der Waals surface area contributed by atoms with Crippen LogP contribution in [0.1, 0.15) is 12.1 Å². The van der Waals surface area contributed by atoms with Crippen LogP contribution in [0.3, 0.4) is 0 Å². The highest BCUT2D eigenvalue weighted by Crippen LogP contribution is 1.88. The predicted molar refractivity (Wildman–Crippen MR) is 57.0 cm³/mol. The molecule has 0 fully saturated rings. The predicted octanol–water partition coefficient (Wildman–Crippen LogP) is -0.404. The second-order valence-corrected chi connectivity index (χ2v) is 3.06. The van der Waals surface area contributed by atoms with Gasteiger partial charge in [0, 0.05) is 19.3 Å². The average molecular weight is 219 g/mol. The fourth-order valence-electron chi connectivity index (χ4n) is 1.05. The van der Waals surface area contributed by atoms with Gasteiger partial charge in [0.2, 0.25) is 5.91 Å². The molecule has 84 valence electrons. The van der Waals surface area contributed by atoms with E-state index in [1.807, 2.05) is 6.07 Å². The fourth-order valence-corrected chi connectivity index (χ4v) is 1.05. The Labute approximate surface area is 93.7 Å². The Bertz CT molecular complexity index is 359. The van der Waals surface area contributed by atoms with Crippen LogP contribution in [0, 0.1) is 11.3 Å². The molecule has 0 saturated heterocycles. The molecule has 0 unspecified atom stereocenters. The summed E-state index contributed by atoms with van der Waals surface area (Å²) < 4.78 is 0. The monoisotopic (exact) mass is 219 g/mol. The highest BCUT2D eigenvalue weighted by molar-refractivity contribution is 5.77. The highest BCUT2D eigenvalue weighted by Gasteiger charge is 1.99. The topological polar surface area (TPSA) is 90.7 Å². The Morgan fingerprint density at radius 1 is 1.56 bits per heavy atom. The van der Waals surface area contributed by atoms with Crippen molar-refractivity contribution < 1.29 is 4.79 Å². The second-order valence-electron chi connectivity index (χ2n) is 3.06. The van der Waals surface area contributed by atoms with E-state index >= 15 is 0 Å². The number of nitriles is 1. The van der Waals surface area contributed by atoms with Gasteiger partial charge in [-0.15, -0.1) is 0 Å². The van der Waals surface area contributed by atoms with E-state index in [1.54, 1.807) is 12.3 Å². The quantitative estimate of drug-likeness (QED) is 0.635. The van der Waals surface area contributed by atoms with E-state index in [4.69, 9.17) is 5.26 Å². The standard InChI is InChI=1S/C10H13N5O/c11-3-1-4-14-10(16)7-13-6-9-2-5-12-8-15-9/h2,5,8,13H,1,4,6-7H2,(H,14,16). The number of amides is 1. The number of rotatable bonds is 6. The van der Waals surface area contributed by atoms with Crippen LogP contribution in [0.4, 0.5) is 0 Å². The van der Waals surface area contributed by atoms with Gasteiger partial charge in [-0.05, 0) is 6.07 Å². The maximum Gasteiger partial charge on any atom is 0.234 e. The minimum absolute atomic E-state index is 0.121. The minimum Gasteiger partial charge on any atom is -0.354 e. The Morgan fingerprint density at radius 2 is 2.44 bits per heavy atom. The van der Waals surface area contributed by atoms with Gasteiger partial charge in [-0.3, -0.25) is 4.79 Å². The van der Waals surface area contributed by atoms with Crippen molar-refractivity contribution in [2.75, 3.05) is 13.1 Å². The van der Waals surface area contributed by atoms with Crippen LogP contribution < -0.4 is 10.6 Å². The molecule has 0 aliphatic carbocycles. The maximum atomic E-state index is 11.2. The Balaban J connectivity index is 2.12. The van der Waals surface area contributed by atoms with Crippen molar-refractivity contribution in [2.24, 2.45) is 0 Å². The Morgan fingerprint density at radius 3 is 3.12 bits per heavy atom. The van der Waals surface area contributed by atoms with Crippen LogP contribution in [-0.2, 0) is 11.3 Å². The maximum absolute atomic E-state index is 11.2. The Kier molecular flexibility index (Phi) is 5.52. The van der Waals surface area contributed by atoms with Gasteiger partial charge in [-0.2, -0.15) is 5.26 Å². The fraction of sp³-hybridized carbons (Fsp3) is 0.400.